The summed E-state index contributed by atoms with van der Waals surface area (Å²) in [5, 5.41) is 4.56. The Kier molecular flexibility index (Phi) is 5.93. The number of fused-ring (bicyclic) bond motifs is 1. The van der Waals surface area contributed by atoms with Gasteiger partial charge in [-0.1, -0.05) is 45.0 Å². The topological polar surface area (TPSA) is 46.5 Å². The van der Waals surface area contributed by atoms with Crippen molar-refractivity contribution in [3.05, 3.63) is 59.8 Å². The van der Waals surface area contributed by atoms with E-state index in [1.165, 1.54) is 12.1 Å². The van der Waals surface area contributed by atoms with Crippen molar-refractivity contribution in [3.63, 3.8) is 0 Å². The fraction of sp³-hybridized carbons (Fsp3) is 0.273. The molecule has 2 aromatic carbocycles. The molecule has 151 valence electrons. The SMILES string of the molecule is Cn1nc(C(C)(C)C)cc1-c1nc2ccc(-c3ccccc3C(F)(F)F)cc2[nH]1.[Na]. The normalized spacial score (nSPS) is 12.2. The van der Waals surface area contributed by atoms with Crippen LogP contribution in [0.25, 0.3) is 33.7 Å². The number of aromatic amines is 1. The Balaban J connectivity index is 0.00000256. The van der Waals surface area contributed by atoms with Gasteiger partial charge in [-0.05, 0) is 35.4 Å². The summed E-state index contributed by atoms with van der Waals surface area (Å²) in [6.45, 7) is 6.26. The van der Waals surface area contributed by atoms with Gasteiger partial charge < -0.3 is 4.98 Å². The Morgan fingerprint density at radius 1 is 0.967 bits per heavy atom. The fourth-order valence-corrected chi connectivity index (χ4v) is 3.34. The number of benzene rings is 2. The van der Waals surface area contributed by atoms with Crippen molar-refractivity contribution in [2.75, 3.05) is 0 Å². The number of nitrogens with one attached hydrogen (secondary N) is 1. The number of imidazole rings is 1. The molecule has 0 bridgehead atoms. The molecular formula is C22H21F3N4Na. The maximum atomic E-state index is 13.4. The maximum absolute atomic E-state index is 13.4. The molecule has 0 spiro atoms. The van der Waals surface area contributed by atoms with Crippen LogP contribution in [0.15, 0.2) is 48.5 Å². The summed E-state index contributed by atoms with van der Waals surface area (Å²) in [5.74, 6) is 0.631. The van der Waals surface area contributed by atoms with Crippen LogP contribution in [0.4, 0.5) is 13.2 Å². The van der Waals surface area contributed by atoms with Gasteiger partial charge in [-0.3, -0.25) is 4.68 Å². The number of aromatic nitrogens is 4. The first-order chi connectivity index (χ1) is 13.5. The Hall–Kier alpha value is -2.09. The minimum Gasteiger partial charge on any atom is -0.337 e. The number of hydrogen-bond acceptors (Lipinski definition) is 2. The number of nitrogens with zero attached hydrogens (tertiary/aromatic N) is 3. The molecule has 4 nitrogen and oxygen atoms in total. The molecule has 8 heteroatoms. The van der Waals surface area contributed by atoms with Gasteiger partial charge >= 0.3 is 6.18 Å². The summed E-state index contributed by atoms with van der Waals surface area (Å²) >= 11 is 0. The average molecular weight is 421 g/mol. The molecular weight excluding hydrogens is 400 g/mol. The van der Waals surface area contributed by atoms with Gasteiger partial charge in [0.1, 0.15) is 5.69 Å². The van der Waals surface area contributed by atoms with Gasteiger partial charge in [0.05, 0.1) is 22.3 Å². The molecule has 0 fully saturated rings. The molecule has 0 saturated heterocycles. The van der Waals surface area contributed by atoms with E-state index in [0.29, 0.717) is 22.4 Å². The summed E-state index contributed by atoms with van der Waals surface area (Å²) in [5.41, 5.74) is 3.00. The summed E-state index contributed by atoms with van der Waals surface area (Å²) < 4.78 is 41.9. The molecule has 4 aromatic rings. The van der Waals surface area contributed by atoms with Crippen molar-refractivity contribution in [3.8, 4) is 22.6 Å². The standard InChI is InChI=1S/C22H21F3N4.Na/c1-21(2,3)19-12-18(29(4)28-19)20-26-16-10-9-13(11-17(16)27-20)14-7-5-6-8-15(14)22(23,24)25;/h5-12H,1-4H3,(H,26,27);. The van der Waals surface area contributed by atoms with Crippen molar-refractivity contribution in [1.29, 1.82) is 0 Å². The first kappa shape index (κ1) is 22.6. The second-order valence-corrected chi connectivity index (χ2v) is 8.15. The van der Waals surface area contributed by atoms with Crippen molar-refractivity contribution < 1.29 is 13.2 Å². The molecule has 30 heavy (non-hydrogen) atoms. The molecule has 2 aromatic heterocycles. The molecule has 2 heterocycles. The predicted octanol–water partition coefficient (Wildman–Crippen LogP) is 5.57. The van der Waals surface area contributed by atoms with Gasteiger partial charge in [-0.15, -0.1) is 0 Å². The van der Waals surface area contributed by atoms with Gasteiger partial charge in [-0.2, -0.15) is 18.3 Å². The van der Waals surface area contributed by atoms with E-state index in [0.717, 1.165) is 17.5 Å². The van der Waals surface area contributed by atoms with Crippen LogP contribution < -0.4 is 0 Å². The smallest absolute Gasteiger partial charge is 0.337 e. The maximum Gasteiger partial charge on any atom is 0.417 e. The van der Waals surface area contributed by atoms with E-state index in [-0.39, 0.29) is 40.5 Å². The van der Waals surface area contributed by atoms with E-state index in [9.17, 15) is 13.2 Å². The minimum absolute atomic E-state index is 0. The molecule has 0 aliphatic heterocycles. The van der Waals surface area contributed by atoms with Crippen molar-refractivity contribution >= 4 is 40.6 Å². The Bertz CT molecular complexity index is 1200. The zero-order valence-corrected chi connectivity index (χ0v) is 19.6. The van der Waals surface area contributed by atoms with Crippen LogP contribution in [0, 0.1) is 0 Å². The third kappa shape index (κ3) is 4.19. The number of aryl methyl sites for hydroxylation is 1. The van der Waals surface area contributed by atoms with E-state index >= 15 is 0 Å². The number of H-pyrrole nitrogens is 1. The fourth-order valence-electron chi connectivity index (χ4n) is 3.34. The minimum atomic E-state index is -4.41. The van der Waals surface area contributed by atoms with Crippen molar-refractivity contribution in [2.45, 2.75) is 32.4 Å². The molecule has 0 amide bonds. The van der Waals surface area contributed by atoms with E-state index in [2.05, 4.69) is 35.8 Å². The van der Waals surface area contributed by atoms with Crippen molar-refractivity contribution in [2.24, 2.45) is 7.05 Å². The van der Waals surface area contributed by atoms with Gasteiger partial charge in [0.15, 0.2) is 5.82 Å². The first-order valence-corrected chi connectivity index (χ1v) is 9.25. The first-order valence-electron chi connectivity index (χ1n) is 9.25. The number of halogens is 3. The second kappa shape index (κ2) is 7.87. The van der Waals surface area contributed by atoms with Gasteiger partial charge in [-0.25, -0.2) is 4.98 Å². The van der Waals surface area contributed by atoms with Crippen LogP contribution in [0.2, 0.25) is 0 Å². The average Bonchev–Trinajstić information content (AvgIpc) is 3.23. The van der Waals surface area contributed by atoms with E-state index < -0.39 is 11.7 Å². The van der Waals surface area contributed by atoms with Gasteiger partial charge in [0, 0.05) is 42.0 Å². The Morgan fingerprint density at radius 3 is 2.30 bits per heavy atom. The molecule has 0 aliphatic carbocycles. The van der Waals surface area contributed by atoms with Crippen LogP contribution in [-0.4, -0.2) is 49.3 Å². The molecule has 0 saturated carbocycles. The molecule has 4 rings (SSSR count). The monoisotopic (exact) mass is 421 g/mol. The zero-order valence-electron chi connectivity index (χ0n) is 17.6. The Morgan fingerprint density at radius 2 is 1.67 bits per heavy atom. The number of alkyl halides is 3. The van der Waals surface area contributed by atoms with Crippen LogP contribution >= 0.6 is 0 Å². The van der Waals surface area contributed by atoms with Gasteiger partial charge in [0.25, 0.3) is 0 Å². The Labute approximate surface area is 194 Å². The van der Waals surface area contributed by atoms with E-state index in [1.807, 2.05) is 13.1 Å². The van der Waals surface area contributed by atoms with E-state index in [1.54, 1.807) is 28.9 Å². The molecule has 0 unspecified atom stereocenters. The van der Waals surface area contributed by atoms with Crippen molar-refractivity contribution in [1.82, 2.24) is 19.7 Å². The third-order valence-electron chi connectivity index (χ3n) is 4.92. The number of hydrogen-bond donors (Lipinski definition) is 1. The predicted molar refractivity (Wildman–Crippen MR) is 113 cm³/mol. The molecule has 0 atom stereocenters. The summed E-state index contributed by atoms with van der Waals surface area (Å²) in [6.07, 6.45) is -4.41. The van der Waals surface area contributed by atoms with Crippen LogP contribution in [0.3, 0.4) is 0 Å². The largest absolute Gasteiger partial charge is 0.417 e. The molecule has 0 aliphatic rings. The molecule has 1 N–H and O–H groups in total. The van der Waals surface area contributed by atoms with E-state index in [4.69, 9.17) is 0 Å². The van der Waals surface area contributed by atoms with Crippen LogP contribution in [-0.2, 0) is 18.6 Å². The second-order valence-electron chi connectivity index (χ2n) is 8.15. The quantitative estimate of drug-likeness (QED) is 0.431. The van der Waals surface area contributed by atoms with Crippen LogP contribution in [0.1, 0.15) is 32.0 Å². The third-order valence-corrected chi connectivity index (χ3v) is 4.92. The number of rotatable bonds is 2. The zero-order chi connectivity index (χ0) is 21.0. The summed E-state index contributed by atoms with van der Waals surface area (Å²) in [6, 6.07) is 12.7. The molecule has 1 radical (unpaired) electrons. The summed E-state index contributed by atoms with van der Waals surface area (Å²) in [7, 11) is 1.85. The summed E-state index contributed by atoms with van der Waals surface area (Å²) in [4.78, 5) is 7.84. The van der Waals surface area contributed by atoms with Gasteiger partial charge in [0.2, 0.25) is 0 Å². The van der Waals surface area contributed by atoms with Crippen LogP contribution in [0.5, 0.6) is 0 Å².